The minimum Gasteiger partial charge on any atom is -0.373 e. The highest BCUT2D eigenvalue weighted by Gasteiger charge is 2.24. The Balaban J connectivity index is 1.84. The molecule has 2 aromatic carbocycles. The van der Waals surface area contributed by atoms with E-state index in [4.69, 9.17) is 4.74 Å². The van der Waals surface area contributed by atoms with Crippen molar-refractivity contribution in [3.63, 3.8) is 0 Å². The minimum absolute atomic E-state index is 0.0249. The van der Waals surface area contributed by atoms with E-state index in [0.29, 0.717) is 11.5 Å². The van der Waals surface area contributed by atoms with Crippen LogP contribution in [0.25, 0.3) is 11.1 Å². The Labute approximate surface area is 167 Å². The zero-order valence-corrected chi connectivity index (χ0v) is 16.7. The molecule has 0 bridgehead atoms. The number of hydrogen-bond acceptors (Lipinski definition) is 1. The second-order valence-corrected chi connectivity index (χ2v) is 7.82. The van der Waals surface area contributed by atoms with Crippen LogP contribution in [0.15, 0.2) is 49.1 Å². The lowest BCUT2D eigenvalue weighted by Gasteiger charge is -2.30. The van der Waals surface area contributed by atoms with Gasteiger partial charge in [-0.05, 0) is 66.3 Å². The van der Waals surface area contributed by atoms with Gasteiger partial charge in [-0.1, -0.05) is 50.1 Å². The quantitative estimate of drug-likeness (QED) is 0.340. The summed E-state index contributed by atoms with van der Waals surface area (Å²) in [6.45, 7) is 5.97. The molecule has 0 aliphatic heterocycles. The third kappa shape index (κ3) is 4.88. The Hall–Kier alpha value is -2.00. The maximum absolute atomic E-state index is 14.6. The van der Waals surface area contributed by atoms with Crippen molar-refractivity contribution in [3.05, 3.63) is 71.8 Å². The summed E-state index contributed by atoms with van der Waals surface area (Å²) in [5, 5.41) is 0. The van der Waals surface area contributed by atoms with E-state index in [2.05, 4.69) is 19.6 Å². The summed E-state index contributed by atoms with van der Waals surface area (Å²) in [6, 6.07) is 11.0. The second-order valence-electron chi connectivity index (χ2n) is 7.82. The van der Waals surface area contributed by atoms with Crippen molar-refractivity contribution in [1.29, 1.82) is 0 Å². The molecule has 0 saturated heterocycles. The Kier molecular flexibility index (Phi) is 7.38. The molecule has 0 heterocycles. The molecule has 1 aliphatic rings. The van der Waals surface area contributed by atoms with E-state index in [9.17, 15) is 8.78 Å². The van der Waals surface area contributed by atoms with Crippen LogP contribution in [0.3, 0.4) is 0 Å². The van der Waals surface area contributed by atoms with Crippen molar-refractivity contribution < 1.29 is 13.5 Å². The molecule has 0 radical (unpaired) electrons. The van der Waals surface area contributed by atoms with Gasteiger partial charge in [-0.15, -0.1) is 6.58 Å². The number of benzene rings is 2. The normalized spacial score (nSPS) is 19.5. The summed E-state index contributed by atoms with van der Waals surface area (Å²) in [5.41, 5.74) is 2.74. The van der Waals surface area contributed by atoms with Crippen LogP contribution >= 0.6 is 0 Å². The minimum atomic E-state index is -0.555. The average Bonchev–Trinajstić information content (AvgIpc) is 2.71. The van der Waals surface area contributed by atoms with Crippen LogP contribution in [0.2, 0.25) is 0 Å². The number of rotatable bonds is 8. The monoisotopic (exact) mass is 384 g/mol. The Morgan fingerprint density at radius 2 is 1.75 bits per heavy atom. The standard InChI is InChI=1S/C25H30F2O/c1-3-7-18-10-12-19(13-11-18)21-8-5-6-9-22(21)20-15-24(26)23(25(27)16-20)17-28-14-4-2/h4-6,8-9,15-16,18-19H,2-3,7,10-14,17H2,1H3. The topological polar surface area (TPSA) is 9.23 Å². The van der Waals surface area contributed by atoms with E-state index in [1.165, 1.54) is 43.4 Å². The molecular formula is C25H30F2O. The van der Waals surface area contributed by atoms with Crippen LogP contribution in [-0.4, -0.2) is 6.61 Å². The van der Waals surface area contributed by atoms with Gasteiger partial charge in [-0.2, -0.15) is 0 Å². The van der Waals surface area contributed by atoms with Gasteiger partial charge in [0, 0.05) is 5.56 Å². The van der Waals surface area contributed by atoms with Gasteiger partial charge in [0.1, 0.15) is 11.6 Å². The zero-order chi connectivity index (χ0) is 19.9. The molecule has 3 heteroatoms. The van der Waals surface area contributed by atoms with Crippen LogP contribution in [-0.2, 0) is 11.3 Å². The molecule has 1 nitrogen and oxygen atoms in total. The van der Waals surface area contributed by atoms with Crippen molar-refractivity contribution in [1.82, 2.24) is 0 Å². The molecule has 2 aromatic rings. The van der Waals surface area contributed by atoms with E-state index < -0.39 is 11.6 Å². The smallest absolute Gasteiger partial charge is 0.132 e. The molecule has 1 saturated carbocycles. The van der Waals surface area contributed by atoms with Crippen LogP contribution in [0.5, 0.6) is 0 Å². The molecule has 0 amide bonds. The molecule has 1 fully saturated rings. The highest BCUT2D eigenvalue weighted by atomic mass is 19.1. The Morgan fingerprint density at radius 3 is 2.39 bits per heavy atom. The van der Waals surface area contributed by atoms with Gasteiger partial charge in [-0.25, -0.2) is 8.78 Å². The third-order valence-electron chi connectivity index (χ3n) is 5.88. The van der Waals surface area contributed by atoms with E-state index >= 15 is 0 Å². The van der Waals surface area contributed by atoms with Gasteiger partial charge in [-0.3, -0.25) is 0 Å². The van der Waals surface area contributed by atoms with Gasteiger partial charge in [0.15, 0.2) is 0 Å². The summed E-state index contributed by atoms with van der Waals surface area (Å²) in [5.74, 6) is 0.185. The van der Waals surface area contributed by atoms with Crippen molar-refractivity contribution in [2.75, 3.05) is 6.61 Å². The van der Waals surface area contributed by atoms with E-state index in [1.54, 1.807) is 6.08 Å². The Morgan fingerprint density at radius 1 is 1.07 bits per heavy atom. The first kappa shape index (κ1) is 20.7. The lowest BCUT2D eigenvalue weighted by Crippen LogP contribution is -2.14. The summed E-state index contributed by atoms with van der Waals surface area (Å²) in [4.78, 5) is 0. The summed E-state index contributed by atoms with van der Waals surface area (Å²) >= 11 is 0. The SMILES string of the molecule is C=CCOCc1c(F)cc(-c2ccccc2C2CCC(CCC)CC2)cc1F. The van der Waals surface area contributed by atoms with Crippen molar-refractivity contribution >= 4 is 0 Å². The zero-order valence-electron chi connectivity index (χ0n) is 16.7. The number of ether oxygens (including phenoxy) is 1. The highest BCUT2D eigenvalue weighted by Crippen LogP contribution is 2.41. The molecule has 0 aromatic heterocycles. The maximum atomic E-state index is 14.6. The fourth-order valence-corrected chi connectivity index (χ4v) is 4.43. The maximum Gasteiger partial charge on any atom is 0.132 e. The predicted molar refractivity (Wildman–Crippen MR) is 111 cm³/mol. The van der Waals surface area contributed by atoms with E-state index in [1.807, 2.05) is 18.2 Å². The fourth-order valence-electron chi connectivity index (χ4n) is 4.43. The van der Waals surface area contributed by atoms with Crippen LogP contribution in [0, 0.1) is 17.6 Å². The summed E-state index contributed by atoms with van der Waals surface area (Å²) < 4.78 is 34.4. The molecule has 0 atom stereocenters. The van der Waals surface area contributed by atoms with Crippen molar-refractivity contribution in [2.24, 2.45) is 5.92 Å². The van der Waals surface area contributed by atoms with Crippen molar-refractivity contribution in [2.45, 2.75) is 58.0 Å². The number of halogens is 2. The predicted octanol–water partition coefficient (Wildman–Crippen LogP) is 7.41. The average molecular weight is 385 g/mol. The van der Waals surface area contributed by atoms with E-state index in [0.717, 1.165) is 24.3 Å². The van der Waals surface area contributed by atoms with Gasteiger partial charge in [0.05, 0.1) is 13.2 Å². The van der Waals surface area contributed by atoms with Gasteiger partial charge in [0.25, 0.3) is 0 Å². The van der Waals surface area contributed by atoms with Gasteiger partial charge >= 0.3 is 0 Å². The molecule has 0 spiro atoms. The Bertz CT molecular complexity index is 768. The molecule has 1 aliphatic carbocycles. The lowest BCUT2D eigenvalue weighted by atomic mass is 9.75. The first-order valence-corrected chi connectivity index (χ1v) is 10.4. The molecule has 150 valence electrons. The second kappa shape index (κ2) is 9.97. The molecule has 0 N–H and O–H groups in total. The molecule has 0 unspecified atom stereocenters. The third-order valence-corrected chi connectivity index (χ3v) is 5.88. The van der Waals surface area contributed by atoms with Crippen LogP contribution in [0.1, 0.15) is 62.5 Å². The lowest BCUT2D eigenvalue weighted by molar-refractivity contribution is 0.143. The van der Waals surface area contributed by atoms with Gasteiger partial charge in [0.2, 0.25) is 0 Å². The highest BCUT2D eigenvalue weighted by molar-refractivity contribution is 5.68. The fraction of sp³-hybridized carbons (Fsp3) is 0.440. The first-order chi connectivity index (χ1) is 13.6. The van der Waals surface area contributed by atoms with E-state index in [-0.39, 0.29) is 18.8 Å². The summed E-state index contributed by atoms with van der Waals surface area (Å²) in [6.07, 6.45) is 8.91. The van der Waals surface area contributed by atoms with Crippen molar-refractivity contribution in [3.8, 4) is 11.1 Å². The summed E-state index contributed by atoms with van der Waals surface area (Å²) in [7, 11) is 0. The first-order valence-electron chi connectivity index (χ1n) is 10.4. The largest absolute Gasteiger partial charge is 0.373 e. The molecule has 28 heavy (non-hydrogen) atoms. The van der Waals surface area contributed by atoms with Crippen LogP contribution < -0.4 is 0 Å². The number of hydrogen-bond donors (Lipinski definition) is 0. The van der Waals surface area contributed by atoms with Gasteiger partial charge < -0.3 is 4.74 Å². The van der Waals surface area contributed by atoms with Crippen LogP contribution in [0.4, 0.5) is 8.78 Å². The molecular weight excluding hydrogens is 354 g/mol. The molecule has 3 rings (SSSR count).